The highest BCUT2D eigenvalue weighted by Gasteiger charge is 2.35. The topological polar surface area (TPSA) is 18.5 Å². The molecule has 0 aromatic heterocycles. The van der Waals surface area contributed by atoms with Crippen LogP contribution in [0.5, 0.6) is 0 Å². The quantitative estimate of drug-likeness (QED) is 0.905. The van der Waals surface area contributed by atoms with Crippen LogP contribution in [0.3, 0.4) is 0 Å². The Morgan fingerprint density at radius 3 is 2.40 bits per heavy atom. The van der Waals surface area contributed by atoms with E-state index in [0.717, 1.165) is 19.1 Å². The van der Waals surface area contributed by atoms with Crippen LogP contribution < -0.4 is 5.32 Å². The van der Waals surface area contributed by atoms with E-state index in [-0.39, 0.29) is 0 Å². The van der Waals surface area contributed by atoms with Gasteiger partial charge >= 0.3 is 0 Å². The van der Waals surface area contributed by atoms with Gasteiger partial charge < -0.3 is 5.32 Å². The molecule has 1 atom stereocenters. The zero-order valence-electron chi connectivity index (χ0n) is 12.8. The van der Waals surface area contributed by atoms with Gasteiger partial charge in [-0.25, -0.2) is 0 Å². The molecule has 0 saturated carbocycles. The van der Waals surface area contributed by atoms with Crippen molar-refractivity contribution in [2.24, 2.45) is 0 Å². The van der Waals surface area contributed by atoms with E-state index in [4.69, 9.17) is 0 Å². The van der Waals surface area contributed by atoms with E-state index in [1.165, 1.54) is 43.7 Å². The van der Waals surface area contributed by atoms with E-state index in [1.807, 2.05) is 0 Å². The first-order valence-electron chi connectivity index (χ1n) is 8.03. The maximum absolute atomic E-state index is 3.44. The number of nitrogens with zero attached hydrogens (tertiary/aromatic N) is 2. The Labute approximate surface area is 123 Å². The average Bonchev–Trinajstić information content (AvgIpc) is 2.44. The van der Waals surface area contributed by atoms with E-state index in [1.54, 1.807) is 0 Å². The van der Waals surface area contributed by atoms with Crippen molar-refractivity contribution in [3.8, 4) is 0 Å². The van der Waals surface area contributed by atoms with Gasteiger partial charge in [-0.15, -0.1) is 0 Å². The molecule has 0 spiro atoms. The molecule has 0 radical (unpaired) electrons. The minimum Gasteiger partial charge on any atom is -0.314 e. The zero-order valence-corrected chi connectivity index (χ0v) is 12.8. The van der Waals surface area contributed by atoms with Crippen LogP contribution in [0.2, 0.25) is 0 Å². The number of aryl methyl sites for hydroxylation is 1. The molecule has 1 unspecified atom stereocenters. The first kappa shape index (κ1) is 14.1. The molecule has 0 amide bonds. The van der Waals surface area contributed by atoms with Crippen LogP contribution in [0.25, 0.3) is 0 Å². The minimum atomic E-state index is 0.606. The molecule has 2 aliphatic rings. The van der Waals surface area contributed by atoms with Crippen molar-refractivity contribution in [2.75, 3.05) is 39.3 Å². The first-order chi connectivity index (χ1) is 9.78. The Morgan fingerprint density at radius 2 is 1.80 bits per heavy atom. The summed E-state index contributed by atoms with van der Waals surface area (Å²) in [4.78, 5) is 5.31. The van der Waals surface area contributed by atoms with E-state index in [0.29, 0.717) is 6.04 Å². The summed E-state index contributed by atoms with van der Waals surface area (Å²) in [6.45, 7) is 11.7. The van der Waals surface area contributed by atoms with Crippen molar-refractivity contribution in [2.45, 2.75) is 32.4 Å². The molecule has 0 aliphatic carbocycles. The molecular weight excluding hydrogens is 246 g/mol. The summed E-state index contributed by atoms with van der Waals surface area (Å²) < 4.78 is 0. The van der Waals surface area contributed by atoms with Crippen molar-refractivity contribution in [3.05, 3.63) is 35.4 Å². The summed E-state index contributed by atoms with van der Waals surface area (Å²) in [7, 11) is 0. The van der Waals surface area contributed by atoms with Crippen molar-refractivity contribution in [1.29, 1.82) is 0 Å². The van der Waals surface area contributed by atoms with Gasteiger partial charge in [0.1, 0.15) is 0 Å². The smallest absolute Gasteiger partial charge is 0.0351 e. The summed E-state index contributed by atoms with van der Waals surface area (Å²) in [5.41, 5.74) is 2.84. The van der Waals surface area contributed by atoms with Gasteiger partial charge in [-0.2, -0.15) is 0 Å². The molecule has 2 fully saturated rings. The zero-order chi connectivity index (χ0) is 13.9. The predicted octanol–water partition coefficient (Wildman–Crippen LogP) is 2.04. The van der Waals surface area contributed by atoms with Crippen molar-refractivity contribution in [1.82, 2.24) is 15.1 Å². The van der Waals surface area contributed by atoms with Crippen molar-refractivity contribution >= 4 is 0 Å². The van der Waals surface area contributed by atoms with Crippen LogP contribution in [0.1, 0.15) is 30.5 Å². The summed E-state index contributed by atoms with van der Waals surface area (Å²) in [6.07, 6.45) is 1.21. The number of benzene rings is 1. The number of likely N-dealkylation sites (tertiary alicyclic amines) is 1. The van der Waals surface area contributed by atoms with Gasteiger partial charge in [0.2, 0.25) is 0 Å². The van der Waals surface area contributed by atoms with E-state index < -0.39 is 0 Å². The van der Waals surface area contributed by atoms with E-state index in [9.17, 15) is 0 Å². The fourth-order valence-corrected chi connectivity index (χ4v) is 3.51. The number of hydrogen-bond donors (Lipinski definition) is 1. The first-order valence-corrected chi connectivity index (χ1v) is 8.03. The summed E-state index contributed by atoms with van der Waals surface area (Å²) in [5, 5.41) is 3.44. The molecule has 110 valence electrons. The molecule has 3 nitrogen and oxygen atoms in total. The molecule has 3 heteroatoms. The lowest BCUT2D eigenvalue weighted by Gasteiger charge is -2.50. The fourth-order valence-electron chi connectivity index (χ4n) is 3.51. The number of nitrogens with one attached hydrogen (secondary N) is 1. The van der Waals surface area contributed by atoms with E-state index >= 15 is 0 Å². The van der Waals surface area contributed by atoms with Crippen LogP contribution in [0, 0.1) is 6.92 Å². The average molecular weight is 273 g/mol. The molecule has 1 aromatic carbocycles. The highest BCUT2D eigenvalue weighted by Crippen LogP contribution is 2.30. The van der Waals surface area contributed by atoms with Gasteiger partial charge in [-0.3, -0.25) is 9.80 Å². The maximum Gasteiger partial charge on any atom is 0.0351 e. The fraction of sp³-hybridized carbons (Fsp3) is 0.647. The highest BCUT2D eigenvalue weighted by molar-refractivity contribution is 5.24. The molecule has 3 rings (SSSR count). The van der Waals surface area contributed by atoms with Gasteiger partial charge in [0, 0.05) is 51.4 Å². The summed E-state index contributed by atoms with van der Waals surface area (Å²) in [6, 6.07) is 10.5. The van der Waals surface area contributed by atoms with Gasteiger partial charge in [0.15, 0.2) is 0 Å². The lowest BCUT2D eigenvalue weighted by atomic mass is 9.95. The van der Waals surface area contributed by atoms with Crippen LogP contribution in [0.15, 0.2) is 24.3 Å². The van der Waals surface area contributed by atoms with Crippen LogP contribution >= 0.6 is 0 Å². The predicted molar refractivity (Wildman–Crippen MR) is 84.0 cm³/mol. The molecular formula is C17H27N3. The molecule has 1 aromatic rings. The Kier molecular flexibility index (Phi) is 4.39. The van der Waals surface area contributed by atoms with Gasteiger partial charge in [-0.05, 0) is 18.9 Å². The van der Waals surface area contributed by atoms with Crippen LogP contribution in [-0.4, -0.2) is 55.1 Å². The van der Waals surface area contributed by atoms with Crippen LogP contribution in [-0.2, 0) is 0 Å². The van der Waals surface area contributed by atoms with Crippen LogP contribution in [0.4, 0.5) is 0 Å². The van der Waals surface area contributed by atoms with Gasteiger partial charge in [0.05, 0.1) is 0 Å². The second kappa shape index (κ2) is 6.25. The van der Waals surface area contributed by atoms with Crippen molar-refractivity contribution in [3.63, 3.8) is 0 Å². The minimum absolute atomic E-state index is 0.606. The highest BCUT2D eigenvalue weighted by atomic mass is 15.3. The second-order valence-electron chi connectivity index (χ2n) is 6.23. The lowest BCUT2D eigenvalue weighted by Crippen LogP contribution is -2.63. The molecule has 2 saturated heterocycles. The Morgan fingerprint density at radius 1 is 1.15 bits per heavy atom. The third-order valence-electron chi connectivity index (χ3n) is 4.85. The van der Waals surface area contributed by atoms with E-state index in [2.05, 4.69) is 53.2 Å². The number of rotatable bonds is 4. The molecule has 1 N–H and O–H groups in total. The normalized spacial score (nSPS) is 23.5. The Balaban J connectivity index is 1.57. The third kappa shape index (κ3) is 2.90. The second-order valence-corrected chi connectivity index (χ2v) is 6.23. The molecule has 0 bridgehead atoms. The van der Waals surface area contributed by atoms with Gasteiger partial charge in [-0.1, -0.05) is 36.8 Å². The number of piperazine rings is 1. The largest absolute Gasteiger partial charge is 0.314 e. The number of hydrogen-bond acceptors (Lipinski definition) is 3. The lowest BCUT2D eigenvalue weighted by molar-refractivity contribution is -0.00233. The molecule has 2 heterocycles. The van der Waals surface area contributed by atoms with Gasteiger partial charge in [0.25, 0.3) is 0 Å². The Bertz CT molecular complexity index is 416. The summed E-state index contributed by atoms with van der Waals surface area (Å²) >= 11 is 0. The monoisotopic (exact) mass is 273 g/mol. The SMILES string of the molecule is CCC(c1ccc(C)cc1)N1CC(N2CCNCC2)C1. The maximum atomic E-state index is 3.44. The standard InChI is InChI=1S/C17H27N3/c1-3-17(15-6-4-14(2)5-7-15)20-12-16(13-20)19-10-8-18-9-11-19/h4-7,16-18H,3,8-13H2,1-2H3. The van der Waals surface area contributed by atoms with Crippen molar-refractivity contribution < 1.29 is 0 Å². The third-order valence-corrected chi connectivity index (χ3v) is 4.85. The Hall–Kier alpha value is -0.900. The molecule has 2 aliphatic heterocycles. The molecule has 20 heavy (non-hydrogen) atoms. The summed E-state index contributed by atoms with van der Waals surface area (Å²) in [5.74, 6) is 0.